The van der Waals surface area contributed by atoms with Gasteiger partial charge in [0.1, 0.15) is 11.6 Å². The standard InChI is InChI=1S/C27H37N5O2/c1-26(2)16-19(17-27(3,4)32(26)5)28-25(33)31-23(15-18-11-13-20(34-6)14-12-18)24-29-21-9-7-8-10-22(21)30-24/h7-14,19,23H,15-17H2,1-6H3,(H,29,30)(H2,28,31,33)/t23-/m1/s1. The molecule has 0 aliphatic carbocycles. The van der Waals surface area contributed by atoms with Gasteiger partial charge < -0.3 is 20.4 Å². The number of fused-ring (bicyclic) bond motifs is 1. The molecular weight excluding hydrogens is 426 g/mol. The summed E-state index contributed by atoms with van der Waals surface area (Å²) in [6.07, 6.45) is 2.41. The molecule has 7 nitrogen and oxygen atoms in total. The number of rotatable bonds is 6. The summed E-state index contributed by atoms with van der Waals surface area (Å²) < 4.78 is 5.29. The number of carbonyl (C=O) groups is 1. The molecule has 1 aliphatic heterocycles. The van der Waals surface area contributed by atoms with Crippen molar-refractivity contribution < 1.29 is 9.53 Å². The van der Waals surface area contributed by atoms with Crippen LogP contribution in [0.3, 0.4) is 0 Å². The molecule has 1 saturated heterocycles. The van der Waals surface area contributed by atoms with E-state index in [1.54, 1.807) is 7.11 Å². The van der Waals surface area contributed by atoms with E-state index < -0.39 is 0 Å². The Morgan fingerprint density at radius 1 is 1.12 bits per heavy atom. The molecule has 182 valence electrons. The van der Waals surface area contributed by atoms with Crippen molar-refractivity contribution in [3.8, 4) is 5.75 Å². The first-order chi connectivity index (χ1) is 16.1. The fraction of sp³-hybridized carbons (Fsp3) is 0.481. The quantitative estimate of drug-likeness (QED) is 0.490. The zero-order chi connectivity index (χ0) is 24.5. The molecule has 0 saturated carbocycles. The number of aromatic nitrogens is 2. The van der Waals surface area contributed by atoms with Gasteiger partial charge in [-0.1, -0.05) is 24.3 Å². The van der Waals surface area contributed by atoms with E-state index in [1.807, 2.05) is 48.5 Å². The monoisotopic (exact) mass is 463 g/mol. The average molecular weight is 464 g/mol. The number of likely N-dealkylation sites (tertiary alicyclic amines) is 1. The number of nitrogens with zero attached hydrogens (tertiary/aromatic N) is 2. The molecule has 1 atom stereocenters. The summed E-state index contributed by atoms with van der Waals surface area (Å²) >= 11 is 0. The summed E-state index contributed by atoms with van der Waals surface area (Å²) in [5.41, 5.74) is 2.94. The number of H-pyrrole nitrogens is 1. The van der Waals surface area contributed by atoms with Crippen molar-refractivity contribution in [1.29, 1.82) is 0 Å². The van der Waals surface area contributed by atoms with Gasteiger partial charge in [-0.3, -0.25) is 4.90 Å². The van der Waals surface area contributed by atoms with E-state index in [0.29, 0.717) is 6.42 Å². The molecule has 2 aromatic carbocycles. The number of aromatic amines is 1. The smallest absolute Gasteiger partial charge is 0.315 e. The van der Waals surface area contributed by atoms with Crippen molar-refractivity contribution in [3.63, 3.8) is 0 Å². The number of ether oxygens (including phenoxy) is 1. The highest BCUT2D eigenvalue weighted by Gasteiger charge is 2.43. The molecule has 3 N–H and O–H groups in total. The Balaban J connectivity index is 1.53. The predicted molar refractivity (Wildman–Crippen MR) is 136 cm³/mol. The largest absolute Gasteiger partial charge is 0.497 e. The summed E-state index contributed by atoms with van der Waals surface area (Å²) in [6, 6.07) is 15.5. The van der Waals surface area contributed by atoms with Crippen LogP contribution in [0.15, 0.2) is 48.5 Å². The molecule has 0 bridgehead atoms. The highest BCUT2D eigenvalue weighted by atomic mass is 16.5. The minimum Gasteiger partial charge on any atom is -0.497 e. The number of piperidine rings is 1. The normalized spacial score (nSPS) is 19.0. The highest BCUT2D eigenvalue weighted by molar-refractivity contribution is 5.76. The number of nitrogens with one attached hydrogen (secondary N) is 3. The van der Waals surface area contributed by atoms with Crippen LogP contribution in [0.4, 0.5) is 4.79 Å². The van der Waals surface area contributed by atoms with Gasteiger partial charge in [0.15, 0.2) is 0 Å². The maximum absolute atomic E-state index is 13.2. The molecule has 0 spiro atoms. The maximum Gasteiger partial charge on any atom is 0.315 e. The van der Waals surface area contributed by atoms with Crippen LogP contribution in [0.25, 0.3) is 11.0 Å². The lowest BCUT2D eigenvalue weighted by atomic mass is 9.77. The van der Waals surface area contributed by atoms with E-state index in [1.165, 1.54) is 0 Å². The van der Waals surface area contributed by atoms with E-state index in [-0.39, 0.29) is 29.2 Å². The summed E-state index contributed by atoms with van der Waals surface area (Å²) in [4.78, 5) is 23.8. The molecule has 34 heavy (non-hydrogen) atoms. The number of hydrogen-bond acceptors (Lipinski definition) is 4. The highest BCUT2D eigenvalue weighted by Crippen LogP contribution is 2.36. The topological polar surface area (TPSA) is 82.3 Å². The van der Waals surface area contributed by atoms with Crippen LogP contribution in [0.5, 0.6) is 5.75 Å². The van der Waals surface area contributed by atoms with Crippen molar-refractivity contribution in [3.05, 3.63) is 59.9 Å². The van der Waals surface area contributed by atoms with Gasteiger partial charge in [-0.05, 0) is 83.8 Å². The Morgan fingerprint density at radius 2 is 1.76 bits per heavy atom. The van der Waals surface area contributed by atoms with Gasteiger partial charge in [-0.2, -0.15) is 0 Å². The molecule has 3 aromatic rings. The lowest BCUT2D eigenvalue weighted by molar-refractivity contribution is -0.0158. The first-order valence-corrected chi connectivity index (χ1v) is 12.0. The SMILES string of the molecule is COc1ccc(C[C@@H](NC(=O)NC2CC(C)(C)N(C)C(C)(C)C2)c2nc3ccccc3[nH]2)cc1. The number of amides is 2. The second-order valence-corrected chi connectivity index (χ2v) is 10.7. The van der Waals surface area contributed by atoms with Gasteiger partial charge in [0.2, 0.25) is 0 Å². The summed E-state index contributed by atoms with van der Waals surface area (Å²) in [6.45, 7) is 8.95. The van der Waals surface area contributed by atoms with Crippen molar-refractivity contribution in [2.75, 3.05) is 14.2 Å². The fourth-order valence-electron chi connectivity index (χ4n) is 5.21. The van der Waals surface area contributed by atoms with Crippen molar-refractivity contribution in [2.45, 2.75) is 70.1 Å². The number of hydrogen-bond donors (Lipinski definition) is 3. The number of imidazole rings is 1. The third-order valence-corrected chi connectivity index (χ3v) is 7.29. The Kier molecular flexibility index (Phi) is 6.58. The zero-order valence-corrected chi connectivity index (χ0v) is 21.1. The van der Waals surface area contributed by atoms with Crippen molar-refractivity contribution >= 4 is 17.1 Å². The molecule has 1 fully saturated rings. The summed E-state index contributed by atoms with van der Waals surface area (Å²) in [5, 5.41) is 6.45. The molecule has 4 rings (SSSR count). The predicted octanol–water partition coefficient (Wildman–Crippen LogP) is 4.81. The van der Waals surface area contributed by atoms with E-state index in [0.717, 1.165) is 41.0 Å². The number of urea groups is 1. The van der Waals surface area contributed by atoms with Crippen molar-refractivity contribution in [1.82, 2.24) is 25.5 Å². The molecule has 1 aliphatic rings. The molecule has 0 unspecified atom stereocenters. The number of para-hydroxylation sites is 2. The van der Waals surface area contributed by atoms with E-state index in [9.17, 15) is 4.79 Å². The third kappa shape index (κ3) is 5.20. The number of benzene rings is 2. The Labute approximate surface area is 202 Å². The van der Waals surface area contributed by atoms with E-state index in [2.05, 4.69) is 55.3 Å². The molecule has 2 heterocycles. The van der Waals surface area contributed by atoms with Gasteiger partial charge in [-0.25, -0.2) is 9.78 Å². The lowest BCUT2D eigenvalue weighted by Gasteiger charge is -2.53. The molecule has 2 amide bonds. The second-order valence-electron chi connectivity index (χ2n) is 10.7. The molecule has 1 aromatic heterocycles. The second kappa shape index (κ2) is 9.29. The molecular formula is C27H37N5O2. The van der Waals surface area contributed by atoms with Gasteiger partial charge in [0.25, 0.3) is 0 Å². The van der Waals surface area contributed by atoms with Gasteiger partial charge >= 0.3 is 6.03 Å². The van der Waals surface area contributed by atoms with Crippen LogP contribution in [-0.4, -0.2) is 52.2 Å². The average Bonchev–Trinajstić information content (AvgIpc) is 3.21. The first-order valence-electron chi connectivity index (χ1n) is 12.0. The molecule has 7 heteroatoms. The summed E-state index contributed by atoms with van der Waals surface area (Å²) in [7, 11) is 3.83. The van der Waals surface area contributed by atoms with Crippen LogP contribution in [0.1, 0.15) is 58.0 Å². The lowest BCUT2D eigenvalue weighted by Crippen LogP contribution is -2.63. The van der Waals surface area contributed by atoms with Crippen molar-refractivity contribution in [2.24, 2.45) is 0 Å². The summed E-state index contributed by atoms with van der Waals surface area (Å²) in [5.74, 6) is 1.55. The number of carbonyl (C=O) groups excluding carboxylic acids is 1. The first kappa shape index (κ1) is 24.1. The van der Waals surface area contributed by atoms with Crippen LogP contribution in [-0.2, 0) is 6.42 Å². The maximum atomic E-state index is 13.2. The van der Waals surface area contributed by atoms with Crippen LogP contribution in [0.2, 0.25) is 0 Å². The molecule has 0 radical (unpaired) electrons. The Morgan fingerprint density at radius 3 is 2.38 bits per heavy atom. The van der Waals surface area contributed by atoms with Crippen LogP contribution >= 0.6 is 0 Å². The van der Waals surface area contributed by atoms with Gasteiger partial charge in [0.05, 0.1) is 24.2 Å². The minimum atomic E-state index is -0.298. The minimum absolute atomic E-state index is 0.000921. The number of methoxy groups -OCH3 is 1. The third-order valence-electron chi connectivity index (χ3n) is 7.29. The Hall–Kier alpha value is -3.06. The van der Waals surface area contributed by atoms with E-state index in [4.69, 9.17) is 9.72 Å². The van der Waals surface area contributed by atoms with Gasteiger partial charge in [-0.15, -0.1) is 0 Å². The van der Waals surface area contributed by atoms with Crippen LogP contribution in [0, 0.1) is 0 Å². The zero-order valence-electron chi connectivity index (χ0n) is 21.1. The fourth-order valence-corrected chi connectivity index (χ4v) is 5.21. The van der Waals surface area contributed by atoms with Gasteiger partial charge in [0, 0.05) is 17.1 Å². The van der Waals surface area contributed by atoms with Crippen LogP contribution < -0.4 is 15.4 Å². The van der Waals surface area contributed by atoms with E-state index >= 15 is 0 Å². The Bertz CT molecular complexity index is 1080.